The van der Waals surface area contributed by atoms with Gasteiger partial charge in [-0.25, -0.2) is 0 Å². The minimum Gasteiger partial charge on any atom is -0.330 e. The molecule has 1 heterocycles. The summed E-state index contributed by atoms with van der Waals surface area (Å²) in [5.41, 5.74) is 15.3. The second-order valence-electron chi connectivity index (χ2n) is 6.14. The molecule has 1 aromatic carbocycles. The second-order valence-corrected chi connectivity index (χ2v) is 6.14. The van der Waals surface area contributed by atoms with Crippen LogP contribution in [0.3, 0.4) is 0 Å². The van der Waals surface area contributed by atoms with Gasteiger partial charge in [0.1, 0.15) is 0 Å². The molecule has 1 aromatic rings. The van der Waals surface area contributed by atoms with Crippen molar-refractivity contribution in [1.82, 2.24) is 0 Å². The van der Waals surface area contributed by atoms with Crippen LogP contribution in [0.5, 0.6) is 0 Å². The molecule has 19 heavy (non-hydrogen) atoms. The molecule has 0 aliphatic carbocycles. The van der Waals surface area contributed by atoms with Gasteiger partial charge < -0.3 is 16.8 Å². The summed E-state index contributed by atoms with van der Waals surface area (Å²) >= 11 is 0. The Bertz CT molecular complexity index is 482. The number of anilines is 1. The first-order valence-corrected chi connectivity index (χ1v) is 6.79. The smallest absolute Gasteiger partial charge is 0.224 e. The first kappa shape index (κ1) is 14.0. The summed E-state index contributed by atoms with van der Waals surface area (Å²) in [6, 6.07) is 6.06. The Morgan fingerprint density at radius 3 is 2.79 bits per heavy atom. The van der Waals surface area contributed by atoms with E-state index in [4.69, 9.17) is 11.5 Å². The molecule has 104 valence electrons. The second kappa shape index (κ2) is 5.31. The molecule has 0 saturated heterocycles. The lowest BCUT2D eigenvalue weighted by molar-refractivity contribution is -0.116. The van der Waals surface area contributed by atoms with Crippen molar-refractivity contribution in [2.45, 2.75) is 39.2 Å². The fraction of sp³-hybridized carbons (Fsp3) is 0.533. The van der Waals surface area contributed by atoms with Gasteiger partial charge in [0, 0.05) is 18.2 Å². The molecular formula is C15H23N3O. The number of nitrogens with one attached hydrogen (secondary N) is 1. The SMILES string of the molecule is CC(C)(CN)CC(N)c1ccc2c(c1)CCC(=O)N2. The molecule has 1 aliphatic heterocycles. The van der Waals surface area contributed by atoms with E-state index in [-0.39, 0.29) is 17.4 Å². The van der Waals surface area contributed by atoms with Crippen molar-refractivity contribution in [3.8, 4) is 0 Å². The average Bonchev–Trinajstić information content (AvgIpc) is 2.37. The third-order valence-corrected chi connectivity index (χ3v) is 3.78. The van der Waals surface area contributed by atoms with Crippen molar-refractivity contribution < 1.29 is 4.79 Å². The molecule has 1 aliphatic rings. The van der Waals surface area contributed by atoms with E-state index in [1.807, 2.05) is 12.1 Å². The summed E-state index contributed by atoms with van der Waals surface area (Å²) in [6.07, 6.45) is 2.20. The number of carbonyl (C=O) groups is 1. The standard InChI is InChI=1S/C15H23N3O/c1-15(2,9-16)8-12(17)10-3-5-13-11(7-10)4-6-14(19)18-13/h3,5,7,12H,4,6,8-9,16-17H2,1-2H3,(H,18,19). The van der Waals surface area contributed by atoms with Crippen molar-refractivity contribution in [2.75, 3.05) is 11.9 Å². The number of rotatable bonds is 4. The van der Waals surface area contributed by atoms with Gasteiger partial charge in [-0.15, -0.1) is 0 Å². The third kappa shape index (κ3) is 3.33. The lowest BCUT2D eigenvalue weighted by atomic mass is 9.83. The van der Waals surface area contributed by atoms with Gasteiger partial charge in [-0.3, -0.25) is 4.79 Å². The van der Waals surface area contributed by atoms with E-state index >= 15 is 0 Å². The quantitative estimate of drug-likeness (QED) is 0.774. The van der Waals surface area contributed by atoms with Crippen molar-refractivity contribution in [3.05, 3.63) is 29.3 Å². The fourth-order valence-corrected chi connectivity index (χ4v) is 2.43. The van der Waals surface area contributed by atoms with Gasteiger partial charge in [0.05, 0.1) is 0 Å². The van der Waals surface area contributed by atoms with E-state index < -0.39 is 0 Å². The first-order chi connectivity index (χ1) is 8.91. The zero-order chi connectivity index (χ0) is 14.0. The molecule has 4 nitrogen and oxygen atoms in total. The predicted octanol–water partition coefficient (Wildman–Crippen LogP) is 1.95. The van der Waals surface area contributed by atoms with E-state index in [0.717, 1.165) is 24.1 Å². The number of fused-ring (bicyclic) bond motifs is 1. The lowest BCUT2D eigenvalue weighted by Crippen LogP contribution is -2.28. The zero-order valence-corrected chi connectivity index (χ0v) is 11.7. The number of carbonyl (C=O) groups excluding carboxylic acids is 1. The van der Waals surface area contributed by atoms with Crippen molar-refractivity contribution in [2.24, 2.45) is 16.9 Å². The van der Waals surface area contributed by atoms with Crippen LogP contribution in [0.1, 0.15) is 43.9 Å². The minimum absolute atomic E-state index is 0.0125. The van der Waals surface area contributed by atoms with Crippen LogP contribution in [0.25, 0.3) is 0 Å². The van der Waals surface area contributed by atoms with Crippen LogP contribution in [0.2, 0.25) is 0 Å². The molecule has 0 radical (unpaired) electrons. The highest BCUT2D eigenvalue weighted by atomic mass is 16.1. The van der Waals surface area contributed by atoms with Crippen LogP contribution in [-0.2, 0) is 11.2 Å². The summed E-state index contributed by atoms with van der Waals surface area (Å²) in [6.45, 7) is 4.89. The topological polar surface area (TPSA) is 81.1 Å². The maximum absolute atomic E-state index is 11.3. The summed E-state index contributed by atoms with van der Waals surface area (Å²) in [5.74, 6) is 0.0915. The number of hydrogen-bond donors (Lipinski definition) is 3. The highest BCUT2D eigenvalue weighted by Gasteiger charge is 2.22. The maximum atomic E-state index is 11.3. The predicted molar refractivity (Wildman–Crippen MR) is 77.8 cm³/mol. The Morgan fingerprint density at radius 1 is 1.37 bits per heavy atom. The van der Waals surface area contributed by atoms with E-state index in [1.165, 1.54) is 5.56 Å². The Balaban J connectivity index is 2.16. The fourth-order valence-electron chi connectivity index (χ4n) is 2.43. The van der Waals surface area contributed by atoms with Crippen LogP contribution in [0.4, 0.5) is 5.69 Å². The van der Waals surface area contributed by atoms with Gasteiger partial charge in [-0.05, 0) is 42.0 Å². The molecule has 0 aromatic heterocycles. The van der Waals surface area contributed by atoms with E-state index in [9.17, 15) is 4.79 Å². The molecule has 4 heteroatoms. The van der Waals surface area contributed by atoms with Gasteiger partial charge in [0.2, 0.25) is 5.91 Å². The molecule has 5 N–H and O–H groups in total. The highest BCUT2D eigenvalue weighted by molar-refractivity contribution is 5.93. The van der Waals surface area contributed by atoms with Gasteiger partial charge in [-0.1, -0.05) is 26.0 Å². The number of amides is 1. The summed E-state index contributed by atoms with van der Waals surface area (Å²) in [4.78, 5) is 11.3. The molecule has 2 rings (SSSR count). The highest BCUT2D eigenvalue weighted by Crippen LogP contribution is 2.30. The molecule has 0 bridgehead atoms. The first-order valence-electron chi connectivity index (χ1n) is 6.79. The van der Waals surface area contributed by atoms with Crippen LogP contribution in [-0.4, -0.2) is 12.5 Å². The lowest BCUT2D eigenvalue weighted by Gasteiger charge is -2.27. The van der Waals surface area contributed by atoms with E-state index in [0.29, 0.717) is 13.0 Å². The minimum atomic E-state index is -0.0125. The van der Waals surface area contributed by atoms with Crippen molar-refractivity contribution >= 4 is 11.6 Å². The summed E-state index contributed by atoms with van der Waals surface area (Å²) in [7, 11) is 0. The van der Waals surface area contributed by atoms with E-state index in [2.05, 4.69) is 25.2 Å². The largest absolute Gasteiger partial charge is 0.330 e. The number of nitrogens with two attached hydrogens (primary N) is 2. The molecule has 1 unspecified atom stereocenters. The Kier molecular flexibility index (Phi) is 3.92. The monoisotopic (exact) mass is 261 g/mol. The Morgan fingerprint density at radius 2 is 2.11 bits per heavy atom. The van der Waals surface area contributed by atoms with Crippen molar-refractivity contribution in [1.29, 1.82) is 0 Å². The molecule has 0 fully saturated rings. The average molecular weight is 261 g/mol. The van der Waals surface area contributed by atoms with Crippen molar-refractivity contribution in [3.63, 3.8) is 0 Å². The molecule has 1 amide bonds. The Hall–Kier alpha value is -1.39. The summed E-state index contributed by atoms with van der Waals surface area (Å²) in [5, 5.41) is 2.89. The van der Waals surface area contributed by atoms with Gasteiger partial charge >= 0.3 is 0 Å². The molecular weight excluding hydrogens is 238 g/mol. The number of benzene rings is 1. The van der Waals surface area contributed by atoms with Gasteiger partial charge in [0.15, 0.2) is 0 Å². The number of aryl methyl sites for hydroxylation is 1. The van der Waals surface area contributed by atoms with Crippen LogP contribution in [0.15, 0.2) is 18.2 Å². The van der Waals surface area contributed by atoms with Crippen LogP contribution >= 0.6 is 0 Å². The van der Waals surface area contributed by atoms with Crippen LogP contribution in [0, 0.1) is 5.41 Å². The molecule has 1 atom stereocenters. The third-order valence-electron chi connectivity index (χ3n) is 3.78. The normalized spacial score (nSPS) is 16.7. The molecule has 0 spiro atoms. The number of hydrogen-bond acceptors (Lipinski definition) is 3. The van der Waals surface area contributed by atoms with E-state index in [1.54, 1.807) is 0 Å². The molecule has 0 saturated carbocycles. The van der Waals surface area contributed by atoms with Gasteiger partial charge in [-0.2, -0.15) is 0 Å². The summed E-state index contributed by atoms with van der Waals surface area (Å²) < 4.78 is 0. The zero-order valence-electron chi connectivity index (χ0n) is 11.7. The Labute approximate surface area is 114 Å². The van der Waals surface area contributed by atoms with Crippen LogP contribution < -0.4 is 16.8 Å². The maximum Gasteiger partial charge on any atom is 0.224 e. The van der Waals surface area contributed by atoms with Gasteiger partial charge in [0.25, 0.3) is 0 Å².